The second kappa shape index (κ2) is 25.2. The van der Waals surface area contributed by atoms with Crippen molar-refractivity contribution >= 4 is 73.0 Å². The minimum atomic E-state index is -0.368. The van der Waals surface area contributed by atoms with Crippen LogP contribution in [-0.2, 0) is 5.41 Å². The van der Waals surface area contributed by atoms with Gasteiger partial charge in [-0.1, -0.05) is 252 Å². The van der Waals surface area contributed by atoms with Crippen molar-refractivity contribution in [1.29, 1.82) is 0 Å². The maximum absolute atomic E-state index is 6.43. The molecule has 458 valence electrons. The predicted molar refractivity (Wildman–Crippen MR) is 401 cm³/mol. The molecule has 0 fully saturated rings. The normalized spacial score (nSPS) is 13.7. The van der Waals surface area contributed by atoms with E-state index in [1.54, 1.807) is 0 Å². The Balaban J connectivity index is 0.774. The molecule has 15 aromatic rings. The number of fused-ring (bicyclic) bond motifs is 9. The smallest absolute Gasteiger partial charge is 0.136 e. The van der Waals surface area contributed by atoms with E-state index in [0.29, 0.717) is 12.5 Å². The molecule has 16 rings (SSSR count). The first kappa shape index (κ1) is 58.6. The number of para-hydroxylation sites is 1. The number of unbranched alkanes of at least 4 members (excludes halogenated alkanes) is 1. The minimum absolute atomic E-state index is 0.368. The van der Waals surface area contributed by atoms with Crippen molar-refractivity contribution in [2.75, 3.05) is 11.5 Å². The Morgan fingerprint density at radius 3 is 1.59 bits per heavy atom. The highest BCUT2D eigenvalue weighted by atomic mass is 16.5. The van der Waals surface area contributed by atoms with Crippen LogP contribution in [0, 0.1) is 5.92 Å². The molecule has 1 aliphatic rings. The Labute approximate surface area is 556 Å². The van der Waals surface area contributed by atoms with Crippen molar-refractivity contribution in [3.8, 4) is 67.1 Å². The Bertz CT molecular complexity index is 5290. The van der Waals surface area contributed by atoms with Crippen molar-refractivity contribution < 1.29 is 9.15 Å². The summed E-state index contributed by atoms with van der Waals surface area (Å²) in [5.41, 5.74) is 26.2. The van der Waals surface area contributed by atoms with Crippen LogP contribution in [0.1, 0.15) is 66.8 Å². The number of anilines is 3. The van der Waals surface area contributed by atoms with Crippen molar-refractivity contribution in [3.05, 3.63) is 344 Å². The fourth-order valence-electron chi connectivity index (χ4n) is 14.9. The number of hydrogen-bond acceptors (Lipinski definition) is 3. The highest BCUT2D eigenvalue weighted by Crippen LogP contribution is 2.57. The first-order valence-electron chi connectivity index (χ1n) is 33.5. The van der Waals surface area contributed by atoms with Gasteiger partial charge in [0, 0.05) is 49.7 Å². The molecule has 0 N–H and O–H groups in total. The number of nitrogens with zero attached hydrogens (tertiary/aromatic N) is 2. The molecule has 4 nitrogen and oxygen atoms in total. The molecule has 13 aromatic carbocycles. The largest absolute Gasteiger partial charge is 0.493 e. The number of furan rings is 1. The van der Waals surface area contributed by atoms with E-state index in [1.807, 2.05) is 24.3 Å². The molecule has 2 atom stereocenters. The zero-order chi connectivity index (χ0) is 63.8. The standard InChI is InChI=1S/C91H72N2O2/c1-4-62-28-32-66(33-29-62)68-36-47-76(48-37-68)93-87-54-41-70(57-83(87)84-58-71(42-55-88(84)93)72-40-52-82-81-25-14-16-27-89(81)95-90(82)59-72)69-38-45-75(46-39-69)92(74-43-34-67(35-44-74)65-20-9-7-10-21-65)77-49-53-80-79-24-13-15-26-85(79)91(86(80)60-77,73-22-11-8-12-23-73)56-18-17-19-64(6-3)61-94-78-50-30-63(5-2)31-51-78/h4-5,7-16,20-55,57-60,64H,1-2,6,17-19,56,61H2,3H3. The van der Waals surface area contributed by atoms with Gasteiger partial charge in [-0.05, 0) is 205 Å². The van der Waals surface area contributed by atoms with Crippen LogP contribution in [0.5, 0.6) is 5.75 Å². The van der Waals surface area contributed by atoms with Crippen LogP contribution >= 0.6 is 0 Å². The maximum atomic E-state index is 6.43. The first-order valence-corrected chi connectivity index (χ1v) is 33.5. The molecule has 0 saturated heterocycles. The van der Waals surface area contributed by atoms with E-state index >= 15 is 0 Å². The lowest BCUT2D eigenvalue weighted by Crippen LogP contribution is -2.27. The molecule has 0 saturated carbocycles. The summed E-state index contributed by atoms with van der Waals surface area (Å²) in [4.78, 5) is 2.46. The van der Waals surface area contributed by atoms with Gasteiger partial charge in [-0.3, -0.25) is 0 Å². The highest BCUT2D eigenvalue weighted by Gasteiger charge is 2.44. The van der Waals surface area contributed by atoms with E-state index in [-0.39, 0.29) is 5.41 Å². The number of benzene rings is 13. The first-order chi connectivity index (χ1) is 46.9. The van der Waals surface area contributed by atoms with Gasteiger partial charge in [0.15, 0.2) is 0 Å². The molecule has 0 bridgehead atoms. The second-order valence-corrected chi connectivity index (χ2v) is 25.4. The molecule has 2 aromatic heterocycles. The van der Waals surface area contributed by atoms with Gasteiger partial charge in [0.25, 0.3) is 0 Å². The molecule has 95 heavy (non-hydrogen) atoms. The van der Waals surface area contributed by atoms with Crippen molar-refractivity contribution in [3.63, 3.8) is 0 Å². The monoisotopic (exact) mass is 1220 g/mol. The summed E-state index contributed by atoms with van der Waals surface area (Å²) in [5.74, 6) is 1.37. The van der Waals surface area contributed by atoms with Crippen LogP contribution in [0.3, 0.4) is 0 Å². The summed E-state index contributed by atoms with van der Waals surface area (Å²) in [6.07, 6.45) is 9.08. The molecule has 0 radical (unpaired) electrons. The van der Waals surface area contributed by atoms with E-state index in [4.69, 9.17) is 9.15 Å². The highest BCUT2D eigenvalue weighted by molar-refractivity contribution is 6.12. The number of rotatable bonds is 20. The molecule has 0 amide bonds. The molecule has 4 heteroatoms. The summed E-state index contributed by atoms with van der Waals surface area (Å²) in [5, 5.41) is 4.62. The van der Waals surface area contributed by atoms with E-state index in [9.17, 15) is 0 Å². The van der Waals surface area contributed by atoms with Gasteiger partial charge >= 0.3 is 0 Å². The molecule has 2 heterocycles. The fraction of sp³-hybridized carbons (Fsp3) is 0.0989. The van der Waals surface area contributed by atoms with Crippen molar-refractivity contribution in [2.45, 2.75) is 44.4 Å². The summed E-state index contributed by atoms with van der Waals surface area (Å²) >= 11 is 0. The third kappa shape index (κ3) is 10.9. The van der Waals surface area contributed by atoms with Crippen LogP contribution in [-0.4, -0.2) is 11.2 Å². The van der Waals surface area contributed by atoms with Crippen molar-refractivity contribution in [1.82, 2.24) is 4.57 Å². The quantitative estimate of drug-likeness (QED) is 0.0713. The van der Waals surface area contributed by atoms with E-state index in [1.165, 1.54) is 60.8 Å². The topological polar surface area (TPSA) is 30.5 Å². The number of hydrogen-bond donors (Lipinski definition) is 0. The van der Waals surface area contributed by atoms with Crippen LogP contribution < -0.4 is 9.64 Å². The summed E-state index contributed by atoms with van der Waals surface area (Å²) in [7, 11) is 0. The van der Waals surface area contributed by atoms with Crippen molar-refractivity contribution in [2.24, 2.45) is 5.92 Å². The summed E-state index contributed by atoms with van der Waals surface area (Å²) in [6, 6.07) is 111. The Kier molecular flexibility index (Phi) is 15.6. The maximum Gasteiger partial charge on any atom is 0.136 e. The molecular weight excluding hydrogens is 1150 g/mol. The molecular formula is C91H72N2O2. The van der Waals surface area contributed by atoms with E-state index < -0.39 is 0 Å². The van der Waals surface area contributed by atoms with Gasteiger partial charge in [-0.2, -0.15) is 0 Å². The van der Waals surface area contributed by atoms with Gasteiger partial charge in [0.05, 0.1) is 17.6 Å². The molecule has 2 unspecified atom stereocenters. The Hall–Kier alpha value is -11.5. The van der Waals surface area contributed by atoms with Gasteiger partial charge in [-0.15, -0.1) is 0 Å². The summed E-state index contributed by atoms with van der Waals surface area (Å²) < 4.78 is 15.2. The van der Waals surface area contributed by atoms with E-state index in [2.05, 4.69) is 321 Å². The molecule has 0 aliphatic heterocycles. The number of aromatic nitrogens is 1. The lowest BCUT2D eigenvalue weighted by molar-refractivity contribution is 0.232. The van der Waals surface area contributed by atoms with Gasteiger partial charge in [0.1, 0.15) is 16.9 Å². The molecule has 0 spiro atoms. The number of ether oxygens (including phenoxy) is 1. The third-order valence-electron chi connectivity index (χ3n) is 20.0. The minimum Gasteiger partial charge on any atom is -0.493 e. The Morgan fingerprint density at radius 1 is 0.421 bits per heavy atom. The molecule has 1 aliphatic carbocycles. The fourth-order valence-corrected chi connectivity index (χ4v) is 14.9. The second-order valence-electron chi connectivity index (χ2n) is 25.4. The van der Waals surface area contributed by atoms with Gasteiger partial charge in [0.2, 0.25) is 0 Å². The van der Waals surface area contributed by atoms with Crippen LogP contribution in [0.2, 0.25) is 0 Å². The average Bonchev–Trinajstić information content (AvgIpc) is 1.57. The predicted octanol–water partition coefficient (Wildman–Crippen LogP) is 25.1. The van der Waals surface area contributed by atoms with E-state index in [0.717, 1.165) is 127 Å². The lowest BCUT2D eigenvalue weighted by atomic mass is 9.69. The average molecular weight is 1230 g/mol. The summed E-state index contributed by atoms with van der Waals surface area (Å²) in [6.45, 7) is 10.9. The van der Waals surface area contributed by atoms with Crippen LogP contribution in [0.4, 0.5) is 17.1 Å². The van der Waals surface area contributed by atoms with Crippen LogP contribution in [0.25, 0.3) is 117 Å². The van der Waals surface area contributed by atoms with Crippen LogP contribution in [0.15, 0.2) is 321 Å². The zero-order valence-corrected chi connectivity index (χ0v) is 53.5. The Morgan fingerprint density at radius 2 is 0.926 bits per heavy atom. The van der Waals surface area contributed by atoms with Gasteiger partial charge < -0.3 is 18.6 Å². The zero-order valence-electron chi connectivity index (χ0n) is 53.5. The SMILES string of the molecule is C=Cc1ccc(OCC(CC)CCCCC2(c3ccccc3)c3ccccc3-c3ccc(N(c4ccc(-c5ccccc5)cc4)c4ccc(-c5ccc6c(c5)c5cc(-c7ccc8c(c7)oc7ccccc78)ccc5n6-c5ccc(-c6ccc(C=C)cc6)cc5)cc4)cc32)cc1. The third-order valence-corrected chi connectivity index (χ3v) is 20.0. The van der Waals surface area contributed by atoms with Gasteiger partial charge in [-0.25, -0.2) is 0 Å². The lowest BCUT2D eigenvalue weighted by Gasteiger charge is -2.34.